The van der Waals surface area contributed by atoms with Gasteiger partial charge in [-0.3, -0.25) is 0 Å². The molecule has 4 unspecified atom stereocenters. The Labute approximate surface area is 168 Å². The van der Waals surface area contributed by atoms with E-state index in [0.717, 1.165) is 42.8 Å². The molecule has 0 aliphatic heterocycles. The van der Waals surface area contributed by atoms with Crippen molar-refractivity contribution < 1.29 is 9.47 Å². The van der Waals surface area contributed by atoms with Crippen LogP contribution in [0.25, 0.3) is 0 Å². The maximum absolute atomic E-state index is 5.94. The highest BCUT2D eigenvalue weighted by atomic mass is 16.5. The molecule has 0 bridgehead atoms. The molecule has 0 aromatic carbocycles. The van der Waals surface area contributed by atoms with Crippen molar-refractivity contribution in [1.29, 1.82) is 0 Å². The molecule has 7 atom stereocenters. The largest absolute Gasteiger partial charge is 0.385 e. The first-order valence-corrected chi connectivity index (χ1v) is 11.6. The quantitative estimate of drug-likeness (QED) is 0.450. The minimum Gasteiger partial charge on any atom is -0.385 e. The minimum absolute atomic E-state index is 0.369. The van der Waals surface area contributed by atoms with E-state index in [1.807, 2.05) is 14.2 Å². The van der Waals surface area contributed by atoms with Gasteiger partial charge in [0, 0.05) is 20.8 Å². The lowest BCUT2D eigenvalue weighted by molar-refractivity contribution is -0.136. The van der Waals surface area contributed by atoms with Gasteiger partial charge in [0.25, 0.3) is 0 Å². The Morgan fingerprint density at radius 2 is 1.81 bits per heavy atom. The Morgan fingerprint density at radius 1 is 1.04 bits per heavy atom. The first-order chi connectivity index (χ1) is 12.9. The summed E-state index contributed by atoms with van der Waals surface area (Å²) < 4.78 is 11.4. The predicted molar refractivity (Wildman–Crippen MR) is 114 cm³/mol. The van der Waals surface area contributed by atoms with Crippen LogP contribution in [0, 0.1) is 40.4 Å². The molecule has 0 aromatic heterocycles. The van der Waals surface area contributed by atoms with E-state index in [2.05, 4.69) is 27.4 Å². The average molecular weight is 377 g/mol. The lowest BCUT2D eigenvalue weighted by Crippen LogP contribution is -2.55. The van der Waals surface area contributed by atoms with Gasteiger partial charge in [0.05, 0.1) is 6.61 Å². The zero-order valence-corrected chi connectivity index (χ0v) is 18.7. The Balaban J connectivity index is 1.91. The number of methoxy groups -OCH3 is 2. The van der Waals surface area contributed by atoms with Crippen LogP contribution in [0.3, 0.4) is 0 Å². The highest BCUT2D eigenvalue weighted by Gasteiger charge is 2.60. The zero-order valence-electron chi connectivity index (χ0n) is 18.7. The van der Waals surface area contributed by atoms with Crippen LogP contribution in [0.5, 0.6) is 0 Å². The fourth-order valence-electron chi connectivity index (χ4n) is 8.31. The molecular weight excluding hydrogens is 332 g/mol. The van der Waals surface area contributed by atoms with E-state index in [9.17, 15) is 0 Å². The normalized spacial score (nSPS) is 44.0. The van der Waals surface area contributed by atoms with Crippen LogP contribution in [0.2, 0.25) is 0 Å². The topological polar surface area (TPSA) is 18.5 Å². The van der Waals surface area contributed by atoms with E-state index < -0.39 is 0 Å². The third kappa shape index (κ3) is 3.54. The highest BCUT2D eigenvalue weighted by molar-refractivity contribution is 5.15. The van der Waals surface area contributed by atoms with Crippen LogP contribution in [-0.4, -0.2) is 27.4 Å². The molecule has 0 heterocycles. The molecule has 0 radical (unpaired) electrons. The van der Waals surface area contributed by atoms with Gasteiger partial charge in [0.2, 0.25) is 0 Å². The zero-order chi connectivity index (χ0) is 19.7. The summed E-state index contributed by atoms with van der Waals surface area (Å²) in [4.78, 5) is 0. The molecule has 3 fully saturated rings. The monoisotopic (exact) mass is 376 g/mol. The molecule has 2 nitrogen and oxygen atoms in total. The van der Waals surface area contributed by atoms with Crippen molar-refractivity contribution in [3.05, 3.63) is 12.2 Å². The molecule has 0 spiro atoms. The van der Waals surface area contributed by atoms with Crippen LogP contribution < -0.4 is 0 Å². The lowest BCUT2D eigenvalue weighted by atomic mass is 9.45. The van der Waals surface area contributed by atoms with Gasteiger partial charge in [-0.15, -0.1) is 0 Å². The summed E-state index contributed by atoms with van der Waals surface area (Å²) in [6.45, 7) is 13.5. The molecule has 156 valence electrons. The highest BCUT2D eigenvalue weighted by Crippen LogP contribution is 2.67. The molecular formula is C25H44O2. The average Bonchev–Trinajstić information content (AvgIpc) is 2.99. The molecule has 3 aliphatic rings. The standard InChI is InChI=1S/C25H44O2/c1-7-14-25(17-27-6)19(13-16-26-5)8-9-20-22-11-10-21(18(2)3)24(22,4)15-12-23(20)25/h19-23H,2,7-17H2,1,3-6H3/t19-,20?,21?,22-,23-,24?,25?/m0/s1. The third-order valence-corrected chi connectivity index (χ3v) is 9.23. The smallest absolute Gasteiger partial charge is 0.0524 e. The Bertz CT molecular complexity index is 506. The van der Waals surface area contributed by atoms with E-state index in [-0.39, 0.29) is 0 Å². The molecule has 0 aromatic rings. The second kappa shape index (κ2) is 8.57. The van der Waals surface area contributed by atoms with Crippen molar-refractivity contribution in [2.75, 3.05) is 27.4 Å². The van der Waals surface area contributed by atoms with Crippen molar-refractivity contribution in [3.8, 4) is 0 Å². The summed E-state index contributed by atoms with van der Waals surface area (Å²) in [7, 11) is 3.78. The van der Waals surface area contributed by atoms with Crippen LogP contribution in [-0.2, 0) is 9.47 Å². The van der Waals surface area contributed by atoms with Crippen molar-refractivity contribution in [1.82, 2.24) is 0 Å². The fourth-order valence-corrected chi connectivity index (χ4v) is 8.31. The third-order valence-electron chi connectivity index (χ3n) is 9.23. The minimum atomic E-state index is 0.369. The number of hydrogen-bond acceptors (Lipinski definition) is 2. The van der Waals surface area contributed by atoms with Crippen LogP contribution in [0.15, 0.2) is 12.2 Å². The number of ether oxygens (including phenoxy) is 2. The molecule has 2 heteroatoms. The number of allylic oxidation sites excluding steroid dienone is 1. The fraction of sp³-hybridized carbons (Fsp3) is 0.920. The van der Waals surface area contributed by atoms with E-state index >= 15 is 0 Å². The summed E-state index contributed by atoms with van der Waals surface area (Å²) >= 11 is 0. The maximum Gasteiger partial charge on any atom is 0.0524 e. The van der Waals surface area contributed by atoms with E-state index in [1.165, 1.54) is 63.4 Å². The number of fused-ring (bicyclic) bond motifs is 3. The number of rotatable bonds is 8. The molecule has 27 heavy (non-hydrogen) atoms. The van der Waals surface area contributed by atoms with Crippen molar-refractivity contribution in [2.24, 2.45) is 40.4 Å². The molecule has 0 amide bonds. The second-order valence-electron chi connectivity index (χ2n) is 10.4. The molecule has 3 rings (SSSR count). The summed E-state index contributed by atoms with van der Waals surface area (Å²) in [5, 5.41) is 0. The van der Waals surface area contributed by atoms with Crippen molar-refractivity contribution >= 4 is 0 Å². The van der Waals surface area contributed by atoms with E-state index in [4.69, 9.17) is 9.47 Å². The lowest BCUT2D eigenvalue weighted by Gasteiger charge is -2.60. The summed E-state index contributed by atoms with van der Waals surface area (Å²) in [6, 6.07) is 0. The first kappa shape index (κ1) is 21.4. The van der Waals surface area contributed by atoms with Crippen molar-refractivity contribution in [2.45, 2.75) is 78.6 Å². The Hall–Kier alpha value is -0.340. The van der Waals surface area contributed by atoms with Crippen LogP contribution in [0.4, 0.5) is 0 Å². The van der Waals surface area contributed by atoms with Gasteiger partial charge in [-0.05, 0) is 98.7 Å². The molecule has 3 saturated carbocycles. The van der Waals surface area contributed by atoms with Gasteiger partial charge in [-0.25, -0.2) is 0 Å². The van der Waals surface area contributed by atoms with E-state index in [0.29, 0.717) is 10.8 Å². The molecule has 0 N–H and O–H groups in total. The van der Waals surface area contributed by atoms with Gasteiger partial charge in [0.15, 0.2) is 0 Å². The second-order valence-corrected chi connectivity index (χ2v) is 10.4. The van der Waals surface area contributed by atoms with Gasteiger partial charge >= 0.3 is 0 Å². The molecule has 0 saturated heterocycles. The summed E-state index contributed by atoms with van der Waals surface area (Å²) in [5.74, 6) is 4.15. The number of hydrogen-bond donors (Lipinski definition) is 0. The van der Waals surface area contributed by atoms with Gasteiger partial charge in [-0.1, -0.05) is 32.4 Å². The first-order valence-electron chi connectivity index (χ1n) is 11.6. The summed E-state index contributed by atoms with van der Waals surface area (Å²) in [6.07, 6.45) is 12.2. The van der Waals surface area contributed by atoms with Gasteiger partial charge in [0.1, 0.15) is 0 Å². The predicted octanol–water partition coefficient (Wildman–Crippen LogP) is 6.50. The Morgan fingerprint density at radius 3 is 2.44 bits per heavy atom. The SMILES string of the molecule is C=C(C)C1CC[C@H]2C3CC[C@@H](CCOC)C(CCC)(COC)[C@H]3CCC12C. The van der Waals surface area contributed by atoms with Crippen molar-refractivity contribution in [3.63, 3.8) is 0 Å². The molecule has 3 aliphatic carbocycles. The summed E-state index contributed by atoms with van der Waals surface area (Å²) in [5.41, 5.74) is 2.30. The maximum atomic E-state index is 5.94. The Kier molecular flexibility index (Phi) is 6.79. The van der Waals surface area contributed by atoms with Gasteiger partial charge < -0.3 is 9.47 Å². The van der Waals surface area contributed by atoms with Crippen LogP contribution in [0.1, 0.15) is 78.6 Å². The van der Waals surface area contributed by atoms with Gasteiger partial charge in [-0.2, -0.15) is 0 Å². The van der Waals surface area contributed by atoms with E-state index in [1.54, 1.807) is 0 Å². The van der Waals surface area contributed by atoms with Crippen LogP contribution >= 0.6 is 0 Å².